The van der Waals surface area contributed by atoms with E-state index < -0.39 is 5.97 Å². The van der Waals surface area contributed by atoms with Gasteiger partial charge in [-0.1, -0.05) is 12.8 Å². The quantitative estimate of drug-likeness (QED) is 0.921. The first-order valence-electron chi connectivity index (χ1n) is 7.79. The molecule has 0 radical (unpaired) electrons. The van der Waals surface area contributed by atoms with Gasteiger partial charge in [0, 0.05) is 6.54 Å². The molecule has 0 unspecified atom stereocenters. The van der Waals surface area contributed by atoms with Crippen molar-refractivity contribution in [1.29, 1.82) is 0 Å². The average molecular weight is 277 g/mol. The molecule has 20 heavy (non-hydrogen) atoms. The molecule has 5 nitrogen and oxygen atoms in total. The van der Waals surface area contributed by atoms with E-state index in [1.54, 1.807) is 0 Å². The summed E-state index contributed by atoms with van der Waals surface area (Å²) in [5, 5.41) is 9.32. The fourth-order valence-corrected chi connectivity index (χ4v) is 3.40. The van der Waals surface area contributed by atoms with Gasteiger partial charge in [0.25, 0.3) is 0 Å². The first-order valence-corrected chi connectivity index (χ1v) is 7.79. The van der Waals surface area contributed by atoms with Crippen molar-refractivity contribution in [2.75, 3.05) is 13.1 Å². The van der Waals surface area contributed by atoms with Gasteiger partial charge in [-0.25, -0.2) is 9.78 Å². The third kappa shape index (κ3) is 2.73. The lowest BCUT2D eigenvalue weighted by atomic mass is 10.1. The Morgan fingerprint density at radius 1 is 1.05 bits per heavy atom. The van der Waals surface area contributed by atoms with Crippen LogP contribution in [0.3, 0.4) is 0 Å². The van der Waals surface area contributed by atoms with E-state index in [4.69, 9.17) is 0 Å². The Morgan fingerprint density at radius 3 is 2.45 bits per heavy atom. The third-order valence-corrected chi connectivity index (χ3v) is 4.46. The molecule has 0 saturated carbocycles. The first-order chi connectivity index (χ1) is 9.75. The summed E-state index contributed by atoms with van der Waals surface area (Å²) in [6.07, 6.45) is 8.20. The van der Waals surface area contributed by atoms with Gasteiger partial charge in [0.15, 0.2) is 5.69 Å². The molecule has 110 valence electrons. The molecule has 2 aliphatic rings. The highest BCUT2D eigenvalue weighted by molar-refractivity contribution is 5.86. The largest absolute Gasteiger partial charge is 0.476 e. The molecular formula is C15H23N3O2. The van der Waals surface area contributed by atoms with Gasteiger partial charge in [0.2, 0.25) is 0 Å². The molecule has 1 aromatic heterocycles. The zero-order valence-corrected chi connectivity index (χ0v) is 12.0. The minimum Gasteiger partial charge on any atom is -0.476 e. The zero-order valence-electron chi connectivity index (χ0n) is 12.0. The molecule has 0 aliphatic carbocycles. The van der Waals surface area contributed by atoms with Crippen LogP contribution >= 0.6 is 0 Å². The number of imidazole rings is 1. The number of carboxylic acid groups (broad SMARTS) is 1. The fourth-order valence-electron chi connectivity index (χ4n) is 3.40. The zero-order chi connectivity index (χ0) is 13.9. The molecule has 2 aliphatic heterocycles. The topological polar surface area (TPSA) is 58.4 Å². The third-order valence-electron chi connectivity index (χ3n) is 4.46. The SMILES string of the molecule is O=C(O)c1nc(CN2CCCCCC2)n2c1CCCC2. The average Bonchev–Trinajstić information content (AvgIpc) is 2.63. The van der Waals surface area contributed by atoms with E-state index in [0.717, 1.165) is 57.0 Å². The van der Waals surface area contributed by atoms with Crippen LogP contribution in [0.2, 0.25) is 0 Å². The number of carbonyl (C=O) groups is 1. The lowest BCUT2D eigenvalue weighted by molar-refractivity contribution is 0.0689. The smallest absolute Gasteiger partial charge is 0.356 e. The van der Waals surface area contributed by atoms with Crippen molar-refractivity contribution in [3.63, 3.8) is 0 Å². The summed E-state index contributed by atoms with van der Waals surface area (Å²) in [5.74, 6) is 0.0803. The number of likely N-dealkylation sites (tertiary alicyclic amines) is 1. The minimum absolute atomic E-state index is 0.287. The molecule has 1 N–H and O–H groups in total. The van der Waals surface area contributed by atoms with Crippen LogP contribution in [0.25, 0.3) is 0 Å². The molecule has 0 amide bonds. The summed E-state index contributed by atoms with van der Waals surface area (Å²) < 4.78 is 2.16. The van der Waals surface area contributed by atoms with Crippen molar-refractivity contribution in [3.05, 3.63) is 17.2 Å². The molecule has 1 saturated heterocycles. The second-order valence-corrected chi connectivity index (χ2v) is 5.93. The van der Waals surface area contributed by atoms with Gasteiger partial charge in [-0.15, -0.1) is 0 Å². The van der Waals surface area contributed by atoms with Crippen LogP contribution in [0.15, 0.2) is 0 Å². The number of hydrogen-bond donors (Lipinski definition) is 1. The van der Waals surface area contributed by atoms with Crippen LogP contribution < -0.4 is 0 Å². The van der Waals surface area contributed by atoms with Gasteiger partial charge in [0.1, 0.15) is 5.82 Å². The van der Waals surface area contributed by atoms with E-state index in [9.17, 15) is 9.90 Å². The molecule has 0 atom stereocenters. The Labute approximate surface area is 119 Å². The van der Waals surface area contributed by atoms with Gasteiger partial charge < -0.3 is 9.67 Å². The lowest BCUT2D eigenvalue weighted by Crippen LogP contribution is -2.26. The molecule has 0 aromatic carbocycles. The highest BCUT2D eigenvalue weighted by Gasteiger charge is 2.24. The maximum absolute atomic E-state index is 11.3. The molecule has 3 heterocycles. The molecule has 0 spiro atoms. The van der Waals surface area contributed by atoms with Crippen LogP contribution in [0.1, 0.15) is 60.5 Å². The Bertz CT molecular complexity index is 488. The standard InChI is InChI=1S/C15H23N3O2/c19-15(20)14-12-7-3-6-10-18(12)13(16-14)11-17-8-4-1-2-5-9-17/h1-11H2,(H,19,20). The number of nitrogens with zero attached hydrogens (tertiary/aromatic N) is 3. The predicted molar refractivity (Wildman–Crippen MR) is 75.9 cm³/mol. The number of aromatic carboxylic acids is 1. The molecule has 1 fully saturated rings. The maximum Gasteiger partial charge on any atom is 0.356 e. The second kappa shape index (κ2) is 5.95. The summed E-state index contributed by atoms with van der Waals surface area (Å²) >= 11 is 0. The Kier molecular flexibility index (Phi) is 4.05. The normalized spacial score (nSPS) is 20.4. The molecule has 1 aromatic rings. The van der Waals surface area contributed by atoms with Gasteiger partial charge in [-0.3, -0.25) is 4.90 Å². The highest BCUT2D eigenvalue weighted by atomic mass is 16.4. The van der Waals surface area contributed by atoms with Crippen LogP contribution in [-0.2, 0) is 19.5 Å². The number of hydrogen-bond acceptors (Lipinski definition) is 3. The monoisotopic (exact) mass is 277 g/mol. The van der Waals surface area contributed by atoms with Gasteiger partial charge in [0.05, 0.1) is 12.2 Å². The minimum atomic E-state index is -0.877. The van der Waals surface area contributed by atoms with Crippen LogP contribution in [0.5, 0.6) is 0 Å². The van der Waals surface area contributed by atoms with Crippen molar-refractivity contribution < 1.29 is 9.90 Å². The number of rotatable bonds is 3. The fraction of sp³-hybridized carbons (Fsp3) is 0.733. The summed E-state index contributed by atoms with van der Waals surface area (Å²) in [7, 11) is 0. The van der Waals surface area contributed by atoms with Gasteiger partial charge in [-0.2, -0.15) is 0 Å². The summed E-state index contributed by atoms with van der Waals surface area (Å²) in [4.78, 5) is 18.2. The first kappa shape index (κ1) is 13.6. The van der Waals surface area contributed by atoms with Crippen LogP contribution in [0, 0.1) is 0 Å². The van der Waals surface area contributed by atoms with E-state index in [1.165, 1.54) is 25.7 Å². The maximum atomic E-state index is 11.3. The van der Waals surface area contributed by atoms with Crippen LogP contribution in [0.4, 0.5) is 0 Å². The van der Waals surface area contributed by atoms with Crippen molar-refractivity contribution in [2.24, 2.45) is 0 Å². The van der Waals surface area contributed by atoms with E-state index in [1.807, 2.05) is 0 Å². The Balaban J connectivity index is 1.83. The molecule has 5 heteroatoms. The second-order valence-electron chi connectivity index (χ2n) is 5.93. The molecule has 3 rings (SSSR count). The van der Waals surface area contributed by atoms with Gasteiger partial charge in [-0.05, 0) is 45.2 Å². The highest BCUT2D eigenvalue weighted by Crippen LogP contribution is 2.22. The molecular weight excluding hydrogens is 254 g/mol. The predicted octanol–water partition coefficient (Wildman–Crippen LogP) is 2.29. The van der Waals surface area contributed by atoms with Crippen molar-refractivity contribution in [3.8, 4) is 0 Å². The number of fused-ring (bicyclic) bond motifs is 1. The van der Waals surface area contributed by atoms with Crippen molar-refractivity contribution in [1.82, 2.24) is 14.5 Å². The van der Waals surface area contributed by atoms with Gasteiger partial charge >= 0.3 is 5.97 Å². The van der Waals surface area contributed by atoms with E-state index in [2.05, 4.69) is 14.5 Å². The Morgan fingerprint density at radius 2 is 1.75 bits per heavy atom. The summed E-state index contributed by atoms with van der Waals surface area (Å²) in [5.41, 5.74) is 1.23. The Hall–Kier alpha value is -1.36. The van der Waals surface area contributed by atoms with E-state index in [0.29, 0.717) is 0 Å². The van der Waals surface area contributed by atoms with Crippen LogP contribution in [-0.4, -0.2) is 38.6 Å². The lowest BCUT2D eigenvalue weighted by Gasteiger charge is -2.22. The van der Waals surface area contributed by atoms with E-state index in [-0.39, 0.29) is 5.69 Å². The number of aromatic nitrogens is 2. The number of carboxylic acids is 1. The van der Waals surface area contributed by atoms with Crippen molar-refractivity contribution in [2.45, 2.75) is 58.0 Å². The summed E-state index contributed by atoms with van der Waals surface area (Å²) in [6.45, 7) is 3.97. The van der Waals surface area contributed by atoms with Crippen molar-refractivity contribution >= 4 is 5.97 Å². The van der Waals surface area contributed by atoms with E-state index >= 15 is 0 Å². The molecule has 0 bridgehead atoms. The summed E-state index contributed by atoms with van der Waals surface area (Å²) in [6, 6.07) is 0.